The van der Waals surface area contributed by atoms with Crippen molar-refractivity contribution in [1.29, 1.82) is 0 Å². The van der Waals surface area contributed by atoms with Crippen LogP contribution in [-0.4, -0.2) is 5.25 Å². The molecule has 84 valence electrons. The van der Waals surface area contributed by atoms with Crippen LogP contribution in [0.2, 0.25) is 0 Å². The highest BCUT2D eigenvalue weighted by molar-refractivity contribution is 8.00. The maximum atomic E-state index is 2.24. The molecule has 0 fully saturated rings. The number of hydrogen-bond acceptors (Lipinski definition) is 1. The fourth-order valence-electron chi connectivity index (χ4n) is 2.01. The van der Waals surface area contributed by atoms with Gasteiger partial charge in [0.1, 0.15) is 0 Å². The molecule has 0 bridgehead atoms. The Kier molecular flexibility index (Phi) is 3.55. The molecular weight excluding hydrogens is 212 g/mol. The van der Waals surface area contributed by atoms with Crippen LogP contribution in [0, 0.1) is 0 Å². The minimum absolute atomic E-state index is 0.635. The Morgan fingerprint density at radius 1 is 1.00 bits per heavy atom. The van der Waals surface area contributed by atoms with E-state index in [1.54, 1.807) is 0 Å². The van der Waals surface area contributed by atoms with E-state index in [1.165, 1.54) is 21.2 Å². The third kappa shape index (κ3) is 2.25. The monoisotopic (exact) mass is 230 g/mol. The van der Waals surface area contributed by atoms with Crippen molar-refractivity contribution in [2.24, 2.45) is 0 Å². The second kappa shape index (κ2) is 4.92. The second-order valence-corrected chi connectivity index (χ2v) is 5.91. The Morgan fingerprint density at radius 3 is 2.38 bits per heavy atom. The molecular formula is C15H18S. The fourth-order valence-corrected chi connectivity index (χ4v) is 2.98. The normalized spacial score (nSPS) is 11.2. The topological polar surface area (TPSA) is 0 Å². The standard InChI is InChI=1S/C15H18S/c1-4-12-7-5-9-14-13(12)8-6-10-15(14)16-11(2)3/h5-11H,4H2,1-3H3. The van der Waals surface area contributed by atoms with E-state index in [-0.39, 0.29) is 0 Å². The molecule has 2 aromatic rings. The third-order valence-electron chi connectivity index (χ3n) is 2.72. The molecule has 0 N–H and O–H groups in total. The quantitative estimate of drug-likeness (QED) is 0.676. The number of thioether (sulfide) groups is 1. The number of aryl methyl sites for hydroxylation is 1. The van der Waals surface area contributed by atoms with Crippen LogP contribution >= 0.6 is 11.8 Å². The highest BCUT2D eigenvalue weighted by atomic mass is 32.2. The SMILES string of the molecule is CCc1cccc2c(SC(C)C)cccc12. The zero-order valence-electron chi connectivity index (χ0n) is 10.2. The predicted octanol–water partition coefficient (Wildman–Crippen LogP) is 4.90. The largest absolute Gasteiger partial charge is 0.123 e. The van der Waals surface area contributed by atoms with E-state index in [4.69, 9.17) is 0 Å². The van der Waals surface area contributed by atoms with Gasteiger partial charge in [-0.1, -0.05) is 51.1 Å². The summed E-state index contributed by atoms with van der Waals surface area (Å²) in [7, 11) is 0. The zero-order valence-corrected chi connectivity index (χ0v) is 11.0. The van der Waals surface area contributed by atoms with Gasteiger partial charge in [0.2, 0.25) is 0 Å². The van der Waals surface area contributed by atoms with Crippen molar-refractivity contribution < 1.29 is 0 Å². The van der Waals surface area contributed by atoms with E-state index < -0.39 is 0 Å². The number of benzene rings is 2. The van der Waals surface area contributed by atoms with Crippen LogP contribution in [0.15, 0.2) is 41.3 Å². The smallest absolute Gasteiger partial charge is 0.0153 e. The first-order valence-electron chi connectivity index (χ1n) is 5.89. The molecule has 0 atom stereocenters. The van der Waals surface area contributed by atoms with Crippen molar-refractivity contribution in [3.63, 3.8) is 0 Å². The molecule has 0 aliphatic heterocycles. The van der Waals surface area contributed by atoms with E-state index in [9.17, 15) is 0 Å². The Balaban J connectivity index is 2.59. The number of fused-ring (bicyclic) bond motifs is 1. The number of hydrogen-bond donors (Lipinski definition) is 0. The Hall–Kier alpha value is -0.950. The van der Waals surface area contributed by atoms with Crippen LogP contribution in [0.4, 0.5) is 0 Å². The molecule has 1 heteroatoms. The molecule has 16 heavy (non-hydrogen) atoms. The predicted molar refractivity (Wildman–Crippen MR) is 74.3 cm³/mol. The minimum Gasteiger partial charge on any atom is -0.123 e. The average molecular weight is 230 g/mol. The lowest BCUT2D eigenvalue weighted by Gasteiger charge is -2.10. The molecule has 0 aliphatic rings. The molecule has 0 spiro atoms. The van der Waals surface area contributed by atoms with Gasteiger partial charge in [-0.25, -0.2) is 0 Å². The summed E-state index contributed by atoms with van der Waals surface area (Å²) in [5.41, 5.74) is 1.45. The van der Waals surface area contributed by atoms with Gasteiger partial charge in [0.05, 0.1) is 0 Å². The third-order valence-corrected chi connectivity index (χ3v) is 3.80. The lowest BCUT2D eigenvalue weighted by atomic mass is 10.0. The summed E-state index contributed by atoms with van der Waals surface area (Å²) < 4.78 is 0. The van der Waals surface area contributed by atoms with Crippen molar-refractivity contribution in [3.8, 4) is 0 Å². The molecule has 2 aromatic carbocycles. The minimum atomic E-state index is 0.635. The molecule has 0 nitrogen and oxygen atoms in total. The maximum Gasteiger partial charge on any atom is 0.0153 e. The van der Waals surface area contributed by atoms with Gasteiger partial charge in [-0.3, -0.25) is 0 Å². The van der Waals surface area contributed by atoms with Crippen LogP contribution in [0.5, 0.6) is 0 Å². The molecule has 0 aromatic heterocycles. The van der Waals surface area contributed by atoms with Crippen molar-refractivity contribution in [1.82, 2.24) is 0 Å². The first-order valence-corrected chi connectivity index (χ1v) is 6.77. The molecule has 0 heterocycles. The first kappa shape index (κ1) is 11.5. The first-order chi connectivity index (χ1) is 7.72. The van der Waals surface area contributed by atoms with E-state index in [0.29, 0.717) is 5.25 Å². The van der Waals surface area contributed by atoms with E-state index in [1.807, 2.05) is 11.8 Å². The lowest BCUT2D eigenvalue weighted by molar-refractivity contribution is 1.11. The van der Waals surface area contributed by atoms with Gasteiger partial charge in [-0.05, 0) is 28.8 Å². The van der Waals surface area contributed by atoms with E-state index in [2.05, 4.69) is 57.2 Å². The Bertz CT molecular complexity index is 486. The average Bonchev–Trinajstić information content (AvgIpc) is 2.28. The highest BCUT2D eigenvalue weighted by Crippen LogP contribution is 2.32. The molecule has 0 amide bonds. The van der Waals surface area contributed by atoms with Crippen LogP contribution in [0.1, 0.15) is 26.3 Å². The molecule has 0 saturated heterocycles. The van der Waals surface area contributed by atoms with Gasteiger partial charge in [0.25, 0.3) is 0 Å². The zero-order chi connectivity index (χ0) is 11.5. The molecule has 0 saturated carbocycles. The van der Waals surface area contributed by atoms with Crippen molar-refractivity contribution in [2.75, 3.05) is 0 Å². The maximum absolute atomic E-state index is 2.24. The lowest BCUT2D eigenvalue weighted by Crippen LogP contribution is -1.89. The fraction of sp³-hybridized carbons (Fsp3) is 0.333. The summed E-state index contributed by atoms with van der Waals surface area (Å²) in [5, 5.41) is 3.45. The van der Waals surface area contributed by atoms with Crippen LogP contribution in [0.3, 0.4) is 0 Å². The number of rotatable bonds is 3. The second-order valence-electron chi connectivity index (χ2n) is 4.29. The summed E-state index contributed by atoms with van der Waals surface area (Å²) in [6.07, 6.45) is 1.10. The van der Waals surface area contributed by atoms with Crippen LogP contribution in [-0.2, 0) is 6.42 Å². The summed E-state index contributed by atoms with van der Waals surface area (Å²) in [4.78, 5) is 1.41. The van der Waals surface area contributed by atoms with Gasteiger partial charge >= 0.3 is 0 Å². The van der Waals surface area contributed by atoms with Gasteiger partial charge in [-0.15, -0.1) is 11.8 Å². The molecule has 0 unspecified atom stereocenters. The van der Waals surface area contributed by atoms with Gasteiger partial charge in [0.15, 0.2) is 0 Å². The Morgan fingerprint density at radius 2 is 1.69 bits per heavy atom. The van der Waals surface area contributed by atoms with Crippen LogP contribution < -0.4 is 0 Å². The van der Waals surface area contributed by atoms with Crippen molar-refractivity contribution in [3.05, 3.63) is 42.0 Å². The molecule has 2 rings (SSSR count). The molecule has 0 radical (unpaired) electrons. The van der Waals surface area contributed by atoms with Gasteiger partial charge in [0, 0.05) is 10.1 Å². The van der Waals surface area contributed by atoms with Crippen LogP contribution in [0.25, 0.3) is 10.8 Å². The molecule has 0 aliphatic carbocycles. The Labute approximate surface area is 102 Å². The van der Waals surface area contributed by atoms with Crippen molar-refractivity contribution in [2.45, 2.75) is 37.3 Å². The summed E-state index contributed by atoms with van der Waals surface area (Å²) in [5.74, 6) is 0. The summed E-state index contributed by atoms with van der Waals surface area (Å²) in [6, 6.07) is 13.3. The highest BCUT2D eigenvalue weighted by Gasteiger charge is 2.05. The van der Waals surface area contributed by atoms with Crippen molar-refractivity contribution >= 4 is 22.5 Å². The van der Waals surface area contributed by atoms with Gasteiger partial charge in [-0.2, -0.15) is 0 Å². The van der Waals surface area contributed by atoms with Gasteiger partial charge < -0.3 is 0 Å². The summed E-state index contributed by atoms with van der Waals surface area (Å²) >= 11 is 1.95. The van der Waals surface area contributed by atoms with E-state index in [0.717, 1.165) is 6.42 Å². The summed E-state index contributed by atoms with van der Waals surface area (Å²) in [6.45, 7) is 6.71. The van der Waals surface area contributed by atoms with E-state index >= 15 is 0 Å².